The van der Waals surface area contributed by atoms with Gasteiger partial charge in [-0.15, -0.1) is 0 Å². The summed E-state index contributed by atoms with van der Waals surface area (Å²) in [6.45, 7) is 2.05. The summed E-state index contributed by atoms with van der Waals surface area (Å²) in [4.78, 5) is 4.18. The van der Waals surface area contributed by atoms with Crippen LogP contribution in [0.15, 0.2) is 65.2 Å². The normalized spacial score (nSPS) is 9.85. The fourth-order valence-corrected chi connectivity index (χ4v) is 1.83. The molecule has 0 aliphatic rings. The molecule has 0 atom stereocenters. The van der Waals surface area contributed by atoms with Gasteiger partial charge in [0.2, 0.25) is 0 Å². The number of benzene rings is 2. The Morgan fingerprint density at radius 2 is 1.65 bits per heavy atom. The van der Waals surface area contributed by atoms with Gasteiger partial charge in [0.25, 0.3) is 5.89 Å². The maximum Gasteiger partial charge on any atom is 0.274 e. The van der Waals surface area contributed by atoms with E-state index in [0.717, 1.165) is 16.9 Å². The van der Waals surface area contributed by atoms with E-state index in [1.54, 1.807) is 6.20 Å². The van der Waals surface area contributed by atoms with Gasteiger partial charge in [-0.25, -0.2) is 4.98 Å². The van der Waals surface area contributed by atoms with Gasteiger partial charge >= 0.3 is 0 Å². The third kappa shape index (κ3) is 2.78. The molecule has 2 aromatic carbocycles. The summed E-state index contributed by atoms with van der Waals surface area (Å²) in [5.41, 5.74) is 3.18. The number of oxazole rings is 1. The van der Waals surface area contributed by atoms with E-state index in [-0.39, 0.29) is 0 Å². The van der Waals surface area contributed by atoms with Crippen molar-refractivity contribution in [2.24, 2.45) is 0 Å². The van der Waals surface area contributed by atoms with E-state index in [1.807, 2.05) is 54.6 Å². The molecule has 3 aromatic rings. The first-order valence-corrected chi connectivity index (χ1v) is 6.41. The largest absolute Gasteiger partial charge is 0.430 e. The molecule has 0 saturated heterocycles. The average Bonchev–Trinajstić information content (AvgIpc) is 2.97. The first-order chi connectivity index (χ1) is 9.81. The fourth-order valence-electron chi connectivity index (χ4n) is 1.83. The molecular formula is C18H13NO. The average molecular weight is 259 g/mol. The van der Waals surface area contributed by atoms with E-state index in [4.69, 9.17) is 4.42 Å². The van der Waals surface area contributed by atoms with Crippen molar-refractivity contribution < 1.29 is 4.42 Å². The van der Waals surface area contributed by atoms with Crippen LogP contribution >= 0.6 is 0 Å². The Labute approximate surface area is 118 Å². The first-order valence-electron chi connectivity index (χ1n) is 6.41. The van der Waals surface area contributed by atoms with Crippen LogP contribution in [0.2, 0.25) is 0 Å². The van der Waals surface area contributed by atoms with Crippen molar-refractivity contribution in [1.29, 1.82) is 0 Å². The molecule has 96 valence electrons. The van der Waals surface area contributed by atoms with Crippen molar-refractivity contribution in [3.63, 3.8) is 0 Å². The van der Waals surface area contributed by atoms with Crippen LogP contribution in [-0.2, 0) is 0 Å². The highest BCUT2D eigenvalue weighted by Gasteiger charge is 2.03. The van der Waals surface area contributed by atoms with Gasteiger partial charge < -0.3 is 4.42 Å². The van der Waals surface area contributed by atoms with Crippen molar-refractivity contribution in [2.45, 2.75) is 6.92 Å². The first kappa shape index (κ1) is 12.3. The second-order valence-corrected chi connectivity index (χ2v) is 4.51. The molecule has 0 bridgehead atoms. The van der Waals surface area contributed by atoms with Crippen LogP contribution in [0.25, 0.3) is 11.3 Å². The van der Waals surface area contributed by atoms with Crippen molar-refractivity contribution in [2.75, 3.05) is 0 Å². The zero-order chi connectivity index (χ0) is 13.8. The highest BCUT2D eigenvalue weighted by atomic mass is 16.4. The molecule has 3 rings (SSSR count). The molecule has 0 aliphatic carbocycles. The Balaban J connectivity index is 1.83. The highest BCUT2D eigenvalue weighted by molar-refractivity contribution is 5.56. The molecule has 0 amide bonds. The predicted molar refractivity (Wildman–Crippen MR) is 79.1 cm³/mol. The molecular weight excluding hydrogens is 246 g/mol. The van der Waals surface area contributed by atoms with Gasteiger partial charge in [0.15, 0.2) is 5.76 Å². The summed E-state index contributed by atoms with van der Waals surface area (Å²) in [6.07, 6.45) is 1.70. The number of nitrogens with zero attached hydrogens (tertiary/aromatic N) is 1. The number of aromatic nitrogens is 1. The molecule has 2 heteroatoms. The van der Waals surface area contributed by atoms with E-state index in [9.17, 15) is 0 Å². The van der Waals surface area contributed by atoms with Crippen LogP contribution in [0.1, 0.15) is 17.0 Å². The van der Waals surface area contributed by atoms with Gasteiger partial charge in [-0.1, -0.05) is 53.9 Å². The van der Waals surface area contributed by atoms with Gasteiger partial charge in [0.1, 0.15) is 0 Å². The van der Waals surface area contributed by atoms with Crippen molar-refractivity contribution in [3.8, 4) is 23.2 Å². The minimum absolute atomic E-state index is 0.435. The van der Waals surface area contributed by atoms with Crippen LogP contribution in [0.3, 0.4) is 0 Å². The van der Waals surface area contributed by atoms with E-state index >= 15 is 0 Å². The van der Waals surface area contributed by atoms with Crippen LogP contribution in [-0.4, -0.2) is 4.98 Å². The second kappa shape index (κ2) is 5.46. The minimum atomic E-state index is 0.435. The van der Waals surface area contributed by atoms with Crippen LogP contribution in [0.5, 0.6) is 0 Å². The predicted octanol–water partition coefficient (Wildman–Crippen LogP) is 4.05. The number of aryl methyl sites for hydroxylation is 1. The standard InChI is InChI=1S/C18H13NO/c1-14-7-9-15(10-8-14)11-12-18-19-13-17(20-18)16-5-3-2-4-6-16/h2-10,13H,1H3. The van der Waals surface area contributed by atoms with Crippen LogP contribution in [0.4, 0.5) is 0 Å². The Morgan fingerprint density at radius 1 is 0.900 bits per heavy atom. The minimum Gasteiger partial charge on any atom is -0.430 e. The third-order valence-corrected chi connectivity index (χ3v) is 2.93. The van der Waals surface area contributed by atoms with E-state index in [0.29, 0.717) is 5.89 Å². The Kier molecular flexibility index (Phi) is 3.34. The Morgan fingerprint density at radius 3 is 2.40 bits per heavy atom. The zero-order valence-corrected chi connectivity index (χ0v) is 11.1. The summed E-state index contributed by atoms with van der Waals surface area (Å²) >= 11 is 0. The van der Waals surface area contributed by atoms with Crippen molar-refractivity contribution in [3.05, 3.63) is 77.8 Å². The molecule has 20 heavy (non-hydrogen) atoms. The lowest BCUT2D eigenvalue weighted by atomic mass is 10.2. The molecule has 0 N–H and O–H groups in total. The molecule has 0 spiro atoms. The van der Waals surface area contributed by atoms with Gasteiger partial charge in [0.05, 0.1) is 6.20 Å². The number of rotatable bonds is 1. The van der Waals surface area contributed by atoms with E-state index < -0.39 is 0 Å². The van der Waals surface area contributed by atoms with Crippen molar-refractivity contribution in [1.82, 2.24) is 4.98 Å². The molecule has 0 unspecified atom stereocenters. The van der Waals surface area contributed by atoms with E-state index in [2.05, 4.69) is 23.7 Å². The van der Waals surface area contributed by atoms with Crippen molar-refractivity contribution >= 4 is 0 Å². The van der Waals surface area contributed by atoms with Gasteiger partial charge in [-0.05, 0) is 25.0 Å². The molecule has 2 nitrogen and oxygen atoms in total. The lowest BCUT2D eigenvalue weighted by Crippen LogP contribution is -1.76. The molecule has 0 radical (unpaired) electrons. The van der Waals surface area contributed by atoms with Gasteiger partial charge in [-0.3, -0.25) is 0 Å². The number of hydrogen-bond acceptors (Lipinski definition) is 2. The molecule has 1 heterocycles. The molecule has 0 saturated carbocycles. The maximum absolute atomic E-state index is 5.63. The smallest absolute Gasteiger partial charge is 0.274 e. The Bertz CT molecular complexity index is 758. The quantitative estimate of drug-likeness (QED) is 0.616. The highest BCUT2D eigenvalue weighted by Crippen LogP contribution is 2.19. The summed E-state index contributed by atoms with van der Waals surface area (Å²) < 4.78 is 5.63. The summed E-state index contributed by atoms with van der Waals surface area (Å²) in [5, 5.41) is 0. The lowest BCUT2D eigenvalue weighted by molar-refractivity contribution is 0.557. The van der Waals surface area contributed by atoms with Gasteiger partial charge in [-0.2, -0.15) is 0 Å². The fraction of sp³-hybridized carbons (Fsp3) is 0.0556. The second-order valence-electron chi connectivity index (χ2n) is 4.51. The topological polar surface area (TPSA) is 26.0 Å². The summed E-state index contributed by atoms with van der Waals surface area (Å²) in [6, 6.07) is 17.9. The van der Waals surface area contributed by atoms with Gasteiger partial charge in [0, 0.05) is 11.1 Å². The molecule has 0 aliphatic heterocycles. The molecule has 0 fully saturated rings. The zero-order valence-electron chi connectivity index (χ0n) is 11.1. The maximum atomic E-state index is 5.63. The van der Waals surface area contributed by atoms with Crippen LogP contribution < -0.4 is 0 Å². The monoisotopic (exact) mass is 259 g/mol. The van der Waals surface area contributed by atoms with E-state index in [1.165, 1.54) is 5.56 Å². The van der Waals surface area contributed by atoms with Crippen LogP contribution in [0, 0.1) is 18.8 Å². The third-order valence-electron chi connectivity index (χ3n) is 2.93. The SMILES string of the molecule is Cc1ccc(C#Cc2ncc(-c3ccccc3)o2)cc1. The Hall–Kier alpha value is -2.79. The summed E-state index contributed by atoms with van der Waals surface area (Å²) in [7, 11) is 0. The lowest BCUT2D eigenvalue weighted by Gasteiger charge is -1.92. The molecule has 1 aromatic heterocycles. The number of hydrogen-bond donors (Lipinski definition) is 0. The summed E-state index contributed by atoms with van der Waals surface area (Å²) in [5.74, 6) is 7.16.